The number of aromatic nitrogens is 3. The maximum atomic E-state index is 12.4. The molecule has 116 valence electrons. The Hall–Kier alpha value is -2.21. The molecular weight excluding hydrogens is 278 g/mol. The van der Waals surface area contributed by atoms with E-state index in [0.29, 0.717) is 6.04 Å². The van der Waals surface area contributed by atoms with Gasteiger partial charge in [0.15, 0.2) is 0 Å². The van der Waals surface area contributed by atoms with Crippen LogP contribution >= 0.6 is 0 Å². The van der Waals surface area contributed by atoms with Gasteiger partial charge < -0.3 is 10.6 Å². The summed E-state index contributed by atoms with van der Waals surface area (Å²) in [6.45, 7) is 4.92. The number of benzene rings is 1. The molecule has 2 heterocycles. The van der Waals surface area contributed by atoms with Crippen molar-refractivity contribution in [2.24, 2.45) is 5.92 Å². The Labute approximate surface area is 129 Å². The van der Waals surface area contributed by atoms with Gasteiger partial charge in [-0.1, -0.05) is 6.07 Å². The first-order valence-electron chi connectivity index (χ1n) is 7.65. The van der Waals surface area contributed by atoms with Gasteiger partial charge in [0.1, 0.15) is 12.2 Å². The molecule has 2 aromatic rings. The fraction of sp³-hybridized carbons (Fsp3) is 0.438. The maximum Gasteiger partial charge on any atom is 0.227 e. The highest BCUT2D eigenvalue weighted by atomic mass is 16.1. The average molecular weight is 299 g/mol. The molecule has 6 heteroatoms. The van der Waals surface area contributed by atoms with E-state index in [-0.39, 0.29) is 11.8 Å². The number of piperidine rings is 1. The predicted octanol–water partition coefficient (Wildman–Crippen LogP) is 1.90. The van der Waals surface area contributed by atoms with Crippen LogP contribution in [0.15, 0.2) is 30.6 Å². The molecule has 1 aliphatic rings. The van der Waals surface area contributed by atoms with Crippen molar-refractivity contribution in [3.05, 3.63) is 36.4 Å². The molecule has 0 aliphatic carbocycles. The molecule has 22 heavy (non-hydrogen) atoms. The van der Waals surface area contributed by atoms with Gasteiger partial charge in [-0.3, -0.25) is 9.36 Å². The van der Waals surface area contributed by atoms with Gasteiger partial charge in [0.05, 0.1) is 5.69 Å². The number of hydrogen-bond acceptors (Lipinski definition) is 4. The molecule has 2 N–H and O–H groups in total. The van der Waals surface area contributed by atoms with E-state index >= 15 is 0 Å². The highest BCUT2D eigenvalue weighted by molar-refractivity contribution is 5.92. The minimum Gasteiger partial charge on any atom is -0.326 e. The number of aryl methyl sites for hydroxylation is 1. The third-order valence-electron chi connectivity index (χ3n) is 4.10. The van der Waals surface area contributed by atoms with Crippen LogP contribution in [0.4, 0.5) is 5.69 Å². The Morgan fingerprint density at radius 3 is 3.05 bits per heavy atom. The summed E-state index contributed by atoms with van der Waals surface area (Å²) in [5.41, 5.74) is 1.75. The van der Waals surface area contributed by atoms with Gasteiger partial charge in [0.25, 0.3) is 0 Å². The van der Waals surface area contributed by atoms with E-state index < -0.39 is 0 Å². The summed E-state index contributed by atoms with van der Waals surface area (Å²) in [6, 6.07) is 8.15. The molecule has 0 radical (unpaired) electrons. The summed E-state index contributed by atoms with van der Waals surface area (Å²) >= 11 is 0. The first kappa shape index (κ1) is 14.7. The summed E-state index contributed by atoms with van der Waals surface area (Å²) in [6.07, 6.45) is 3.45. The molecule has 0 unspecified atom stereocenters. The van der Waals surface area contributed by atoms with Crippen molar-refractivity contribution in [1.82, 2.24) is 20.1 Å². The lowest BCUT2D eigenvalue weighted by atomic mass is 9.92. The zero-order valence-electron chi connectivity index (χ0n) is 12.9. The van der Waals surface area contributed by atoms with Gasteiger partial charge in [-0.25, -0.2) is 0 Å². The van der Waals surface area contributed by atoms with Crippen molar-refractivity contribution >= 4 is 11.6 Å². The van der Waals surface area contributed by atoms with Crippen molar-refractivity contribution in [3.8, 4) is 5.69 Å². The summed E-state index contributed by atoms with van der Waals surface area (Å²) in [5, 5.41) is 14.3. The second-order valence-corrected chi connectivity index (χ2v) is 5.86. The summed E-state index contributed by atoms with van der Waals surface area (Å²) in [4.78, 5) is 12.4. The molecule has 1 aliphatic heterocycles. The molecule has 1 fully saturated rings. The SMILES string of the molecule is Cc1nncn1-c1cccc(NC(=O)[C@H]2CCN[C@@H](C)C2)c1. The molecule has 0 saturated carbocycles. The van der Waals surface area contributed by atoms with Crippen LogP contribution in [0.2, 0.25) is 0 Å². The van der Waals surface area contributed by atoms with Crippen molar-refractivity contribution in [3.63, 3.8) is 0 Å². The zero-order valence-corrected chi connectivity index (χ0v) is 12.9. The Bertz CT molecular complexity index is 666. The Kier molecular flexibility index (Phi) is 4.20. The van der Waals surface area contributed by atoms with Gasteiger partial charge in [-0.15, -0.1) is 10.2 Å². The van der Waals surface area contributed by atoms with Crippen LogP contribution < -0.4 is 10.6 Å². The first-order valence-corrected chi connectivity index (χ1v) is 7.65. The molecule has 3 rings (SSSR count). The number of amides is 1. The smallest absolute Gasteiger partial charge is 0.227 e. The van der Waals surface area contributed by atoms with E-state index in [1.165, 1.54) is 0 Å². The first-order chi connectivity index (χ1) is 10.6. The predicted molar refractivity (Wildman–Crippen MR) is 84.9 cm³/mol. The van der Waals surface area contributed by atoms with Gasteiger partial charge in [0, 0.05) is 17.6 Å². The van der Waals surface area contributed by atoms with Crippen LogP contribution in [0.25, 0.3) is 5.69 Å². The number of rotatable bonds is 3. The topological polar surface area (TPSA) is 71.8 Å². The van der Waals surface area contributed by atoms with E-state index in [1.54, 1.807) is 6.33 Å². The van der Waals surface area contributed by atoms with Gasteiger partial charge >= 0.3 is 0 Å². The molecule has 1 aromatic carbocycles. The molecular formula is C16H21N5O. The highest BCUT2D eigenvalue weighted by Crippen LogP contribution is 2.20. The lowest BCUT2D eigenvalue weighted by molar-refractivity contribution is -0.120. The second-order valence-electron chi connectivity index (χ2n) is 5.86. The number of carbonyl (C=O) groups is 1. The second kappa shape index (κ2) is 6.27. The van der Waals surface area contributed by atoms with Gasteiger partial charge in [-0.05, 0) is 51.4 Å². The summed E-state index contributed by atoms with van der Waals surface area (Å²) in [7, 11) is 0. The third kappa shape index (κ3) is 3.17. The normalized spacial score (nSPS) is 21.5. The van der Waals surface area contributed by atoms with Crippen LogP contribution in [0.5, 0.6) is 0 Å². The van der Waals surface area contributed by atoms with Crippen molar-refractivity contribution in [2.45, 2.75) is 32.7 Å². The van der Waals surface area contributed by atoms with Crippen molar-refractivity contribution in [1.29, 1.82) is 0 Å². The maximum absolute atomic E-state index is 12.4. The lowest BCUT2D eigenvalue weighted by Crippen LogP contribution is -2.40. The minimum absolute atomic E-state index is 0.0801. The van der Waals surface area contributed by atoms with Gasteiger partial charge in [-0.2, -0.15) is 0 Å². The minimum atomic E-state index is 0.0801. The highest BCUT2D eigenvalue weighted by Gasteiger charge is 2.24. The monoisotopic (exact) mass is 299 g/mol. The molecule has 6 nitrogen and oxygen atoms in total. The standard InChI is InChI=1S/C16H21N5O/c1-11-8-13(6-7-17-11)16(22)19-14-4-3-5-15(9-14)21-10-18-20-12(21)2/h3-5,9-11,13,17H,6-8H2,1-2H3,(H,19,22)/t11-,13-/m0/s1. The molecule has 1 aromatic heterocycles. The Balaban J connectivity index is 1.73. The summed E-state index contributed by atoms with van der Waals surface area (Å²) in [5.74, 6) is 0.998. The van der Waals surface area contributed by atoms with Crippen LogP contribution in [-0.4, -0.2) is 33.3 Å². The van der Waals surface area contributed by atoms with Crippen molar-refractivity contribution < 1.29 is 4.79 Å². The van der Waals surface area contributed by atoms with Gasteiger partial charge in [0.2, 0.25) is 5.91 Å². The van der Waals surface area contributed by atoms with E-state index in [0.717, 1.165) is 36.6 Å². The molecule has 2 atom stereocenters. The quantitative estimate of drug-likeness (QED) is 0.908. The molecule has 1 saturated heterocycles. The average Bonchev–Trinajstić information content (AvgIpc) is 2.94. The fourth-order valence-electron chi connectivity index (χ4n) is 2.89. The number of carbonyl (C=O) groups excluding carboxylic acids is 1. The number of nitrogens with zero attached hydrogens (tertiary/aromatic N) is 3. The van der Waals surface area contributed by atoms with E-state index in [2.05, 4.69) is 27.8 Å². The van der Waals surface area contributed by atoms with Crippen LogP contribution in [0.3, 0.4) is 0 Å². The Morgan fingerprint density at radius 1 is 1.45 bits per heavy atom. The third-order valence-corrected chi connectivity index (χ3v) is 4.10. The van der Waals surface area contributed by atoms with E-state index in [4.69, 9.17) is 0 Å². The summed E-state index contributed by atoms with van der Waals surface area (Å²) < 4.78 is 1.89. The van der Waals surface area contributed by atoms with E-state index in [9.17, 15) is 4.79 Å². The van der Waals surface area contributed by atoms with E-state index in [1.807, 2.05) is 35.8 Å². The molecule has 0 bridgehead atoms. The fourth-order valence-corrected chi connectivity index (χ4v) is 2.89. The number of nitrogens with one attached hydrogen (secondary N) is 2. The van der Waals surface area contributed by atoms with Crippen LogP contribution in [-0.2, 0) is 4.79 Å². The molecule has 0 spiro atoms. The largest absolute Gasteiger partial charge is 0.326 e. The number of anilines is 1. The lowest BCUT2D eigenvalue weighted by Gasteiger charge is -2.27. The Morgan fingerprint density at radius 2 is 2.32 bits per heavy atom. The van der Waals surface area contributed by atoms with Crippen molar-refractivity contribution in [2.75, 3.05) is 11.9 Å². The zero-order chi connectivity index (χ0) is 15.5. The molecule has 1 amide bonds. The number of hydrogen-bond donors (Lipinski definition) is 2. The van der Waals surface area contributed by atoms with Crippen LogP contribution in [0, 0.1) is 12.8 Å². The van der Waals surface area contributed by atoms with Crippen LogP contribution in [0.1, 0.15) is 25.6 Å².